The van der Waals surface area contributed by atoms with Gasteiger partial charge in [-0.2, -0.15) is 0 Å². The smallest absolute Gasteiger partial charge is 0.293 e. The third-order valence-corrected chi connectivity index (χ3v) is 14.8. The van der Waals surface area contributed by atoms with Gasteiger partial charge in [-0.05, 0) is 93.4 Å². The Kier molecular flexibility index (Phi) is 8.21. The summed E-state index contributed by atoms with van der Waals surface area (Å²) in [5, 5.41) is 50.6. The lowest BCUT2D eigenvalue weighted by Crippen LogP contribution is -3.19. The van der Waals surface area contributed by atoms with Crippen molar-refractivity contribution < 1.29 is 34.9 Å². The van der Waals surface area contributed by atoms with E-state index in [-0.39, 0.29) is 46.9 Å². The predicted molar refractivity (Wildman–Crippen MR) is 167 cm³/mol. The second kappa shape index (κ2) is 11.5. The number of aliphatic hydroxyl groups is 3. The Morgan fingerprint density at radius 3 is 2.69 bits per heavy atom. The lowest BCUT2D eigenvalue weighted by atomic mass is 9.45. The van der Waals surface area contributed by atoms with Crippen molar-refractivity contribution in [1.29, 1.82) is 0 Å². The minimum atomic E-state index is -1.65. The van der Waals surface area contributed by atoms with Crippen LogP contribution in [0.4, 0.5) is 0 Å². The molecule has 6 fully saturated rings. The van der Waals surface area contributed by atoms with Crippen molar-refractivity contribution >= 4 is 11.9 Å². The first-order chi connectivity index (χ1) is 21.6. The van der Waals surface area contributed by atoms with Gasteiger partial charge in [-0.3, -0.25) is 4.90 Å². The van der Waals surface area contributed by atoms with E-state index in [9.17, 15) is 25.2 Å². The largest absolute Gasteiger partial charge is 0.545 e. The van der Waals surface area contributed by atoms with Crippen molar-refractivity contribution in [3.8, 4) is 0 Å². The molecule has 0 aromatic heterocycles. The van der Waals surface area contributed by atoms with Crippen molar-refractivity contribution in [2.24, 2.45) is 50.6 Å². The monoisotopic (exact) mass is 628 g/mol. The van der Waals surface area contributed by atoms with Gasteiger partial charge in [-0.1, -0.05) is 25.3 Å². The van der Waals surface area contributed by atoms with Gasteiger partial charge in [0.25, 0.3) is 5.96 Å². The fourth-order valence-electron chi connectivity index (χ4n) is 12.9. The van der Waals surface area contributed by atoms with Gasteiger partial charge in [-0.15, -0.1) is 0 Å². The summed E-state index contributed by atoms with van der Waals surface area (Å²) in [6, 6.07) is 0. The zero-order valence-corrected chi connectivity index (χ0v) is 27.4. The highest BCUT2D eigenvalue weighted by molar-refractivity contribution is 5.90. The number of nitrogens with two attached hydrogens (primary N) is 1. The number of likely N-dealkylation sites (tertiary alicyclic amines) is 1. The van der Waals surface area contributed by atoms with Crippen molar-refractivity contribution in [1.82, 2.24) is 5.32 Å². The standard InChI is InChI=1S/C35H56N4O6/c1-21-5-7-23-15-25-29(30(42)43)35(44,28-8-6-22-17-32(10-3-4-11-32)27(41)16-26(22)45-28)19-33(21,25)34(23)20-39(31(36)37-2)13-9-24(34)18-38-12-14-40/h21-24,26-28,38,40-41,44H,3-20H2,1-2H3,(H2,36,37)(H,42,43). The summed E-state index contributed by atoms with van der Waals surface area (Å²) in [5.74, 6) is 0.341. The molecule has 11 unspecified atom stereocenters. The minimum absolute atomic E-state index is 0.00651. The lowest BCUT2D eigenvalue weighted by Gasteiger charge is -2.61. The molecule has 5 aliphatic carbocycles. The number of guanidine groups is 1. The van der Waals surface area contributed by atoms with Crippen molar-refractivity contribution in [2.75, 3.05) is 39.8 Å². The molecule has 252 valence electrons. The van der Waals surface area contributed by atoms with Gasteiger partial charge in [-0.25, -0.2) is 4.99 Å². The predicted octanol–water partition coefficient (Wildman–Crippen LogP) is -0.0996. The van der Waals surface area contributed by atoms with E-state index in [1.165, 1.54) is 12.8 Å². The molecule has 2 aliphatic heterocycles. The summed E-state index contributed by atoms with van der Waals surface area (Å²) in [7, 11) is 1.73. The molecule has 45 heavy (non-hydrogen) atoms. The molecule has 3 spiro atoms. The fraction of sp³-hybridized carbons (Fsp3) is 0.886. The van der Waals surface area contributed by atoms with E-state index in [1.54, 1.807) is 7.05 Å². The van der Waals surface area contributed by atoms with E-state index in [2.05, 4.69) is 17.2 Å². The number of carbonyl (C=O) groups is 1. The average Bonchev–Trinajstić information content (AvgIpc) is 3.64. The van der Waals surface area contributed by atoms with Crippen LogP contribution in [0, 0.1) is 39.9 Å². The zero-order valence-electron chi connectivity index (χ0n) is 27.4. The molecule has 0 radical (unpaired) electrons. The highest BCUT2D eigenvalue weighted by Gasteiger charge is 2.76. The number of nitrogens with one attached hydrogen (secondary N) is 2. The SMILES string of the molecule is CN=C(N)[NH+]1CCC(CNCCO)C2(C1)C1CCC(C)C23CC(O)(C2CCC4CC5(CCCC5)C(O)CC4O2)C(C(=O)[O-])=C3C1. The lowest BCUT2D eigenvalue weighted by molar-refractivity contribution is -0.828. The average molecular weight is 629 g/mol. The van der Waals surface area contributed by atoms with E-state index < -0.39 is 29.2 Å². The number of quaternary nitrogens is 1. The van der Waals surface area contributed by atoms with Gasteiger partial charge in [0.05, 0.1) is 44.0 Å². The molecule has 7 rings (SSSR count). The molecule has 2 heterocycles. The molecule has 7 aliphatic rings. The van der Waals surface area contributed by atoms with E-state index in [1.807, 2.05) is 0 Å². The van der Waals surface area contributed by atoms with E-state index in [0.717, 1.165) is 75.1 Å². The van der Waals surface area contributed by atoms with Crippen LogP contribution in [0.15, 0.2) is 16.1 Å². The number of piperidine rings is 1. The second-order valence-electron chi connectivity index (χ2n) is 16.2. The van der Waals surface area contributed by atoms with Crippen LogP contribution in [-0.2, 0) is 9.53 Å². The van der Waals surface area contributed by atoms with Crippen LogP contribution in [0.5, 0.6) is 0 Å². The van der Waals surface area contributed by atoms with Crippen molar-refractivity contribution in [3.63, 3.8) is 0 Å². The Hall–Kier alpha value is -1.56. The molecule has 10 nitrogen and oxygen atoms in total. The minimum Gasteiger partial charge on any atom is -0.545 e. The number of hydrogen-bond donors (Lipinski definition) is 6. The summed E-state index contributed by atoms with van der Waals surface area (Å²) in [6.45, 7) is 5.18. The third kappa shape index (κ3) is 4.48. The number of carboxylic acids is 1. The number of nitrogens with zero attached hydrogens (tertiary/aromatic N) is 1. The molecule has 2 bridgehead atoms. The maximum absolute atomic E-state index is 13.3. The maximum atomic E-state index is 13.3. The molecular weight excluding hydrogens is 572 g/mol. The molecular formula is C35H56N4O6. The number of allylic oxidation sites excluding steroid dienone is 1. The van der Waals surface area contributed by atoms with Crippen LogP contribution in [0.1, 0.15) is 90.4 Å². The number of aliphatic hydroxyl groups excluding tert-OH is 2. The van der Waals surface area contributed by atoms with Crippen LogP contribution >= 0.6 is 0 Å². The van der Waals surface area contributed by atoms with E-state index in [0.29, 0.717) is 44.1 Å². The topological polar surface area (TPSA) is 165 Å². The van der Waals surface area contributed by atoms with E-state index >= 15 is 0 Å². The highest BCUT2D eigenvalue weighted by atomic mass is 16.5. The fourth-order valence-corrected chi connectivity index (χ4v) is 12.9. The molecule has 7 N–H and O–H groups in total. The number of carboxylic acid groups (broad SMARTS) is 1. The van der Waals surface area contributed by atoms with Gasteiger partial charge >= 0.3 is 0 Å². The van der Waals surface area contributed by atoms with Crippen molar-refractivity contribution in [2.45, 2.75) is 114 Å². The van der Waals surface area contributed by atoms with Crippen LogP contribution in [-0.4, -0.2) is 91.0 Å². The zero-order chi connectivity index (χ0) is 31.8. The van der Waals surface area contributed by atoms with Crippen LogP contribution in [0.25, 0.3) is 0 Å². The van der Waals surface area contributed by atoms with Gasteiger partial charge in [0.2, 0.25) is 0 Å². The first-order valence-electron chi connectivity index (χ1n) is 18.0. The summed E-state index contributed by atoms with van der Waals surface area (Å²) in [4.78, 5) is 18.8. The number of hydrogen-bond acceptors (Lipinski definition) is 8. The van der Waals surface area contributed by atoms with Gasteiger partial charge in [0.1, 0.15) is 5.60 Å². The number of carbonyl (C=O) groups excluding carboxylic acids is 1. The Bertz CT molecular complexity index is 1230. The first kappa shape index (κ1) is 32.0. The summed E-state index contributed by atoms with van der Waals surface area (Å²) in [5.41, 5.74) is 5.05. The Morgan fingerprint density at radius 1 is 1.20 bits per heavy atom. The van der Waals surface area contributed by atoms with Crippen LogP contribution in [0.3, 0.4) is 0 Å². The number of fused-ring (bicyclic) bond motifs is 1. The molecule has 0 aromatic rings. The molecule has 4 saturated carbocycles. The molecule has 0 aromatic carbocycles. The Morgan fingerprint density at radius 2 is 1.98 bits per heavy atom. The van der Waals surface area contributed by atoms with Gasteiger partial charge < -0.3 is 41.0 Å². The number of aliphatic imine (C=N–C) groups is 1. The Labute approximate surface area is 267 Å². The quantitative estimate of drug-likeness (QED) is 0.135. The summed E-state index contributed by atoms with van der Waals surface area (Å²) < 4.78 is 6.80. The van der Waals surface area contributed by atoms with E-state index in [4.69, 9.17) is 10.5 Å². The molecule has 2 saturated heterocycles. The van der Waals surface area contributed by atoms with Crippen molar-refractivity contribution in [3.05, 3.63) is 11.1 Å². The molecule has 10 heteroatoms. The van der Waals surface area contributed by atoms with Gasteiger partial charge in [0, 0.05) is 42.8 Å². The maximum Gasteiger partial charge on any atom is 0.293 e. The van der Waals surface area contributed by atoms with Crippen LogP contribution < -0.4 is 21.1 Å². The molecule has 0 amide bonds. The number of ether oxygens (including phenoxy) is 1. The number of aliphatic carboxylic acids is 1. The first-order valence-corrected chi connectivity index (χ1v) is 18.0. The highest BCUT2D eigenvalue weighted by Crippen LogP contribution is 2.77. The Balaban J connectivity index is 1.27. The number of rotatable bonds is 6. The molecule has 11 atom stereocenters. The normalized spacial score (nSPS) is 47.4. The third-order valence-electron chi connectivity index (χ3n) is 14.8. The summed E-state index contributed by atoms with van der Waals surface area (Å²) in [6.07, 6.45) is 10.2. The second-order valence-corrected chi connectivity index (χ2v) is 16.2. The summed E-state index contributed by atoms with van der Waals surface area (Å²) >= 11 is 0. The van der Waals surface area contributed by atoms with Crippen LogP contribution in [0.2, 0.25) is 0 Å². The van der Waals surface area contributed by atoms with Gasteiger partial charge in [0.15, 0.2) is 0 Å².